The average Bonchev–Trinajstić information content (AvgIpc) is 4.05. The molecular formula is C56H64N2O8S2. The highest BCUT2D eigenvalue weighted by molar-refractivity contribution is 8.76. The van der Waals surface area contributed by atoms with Crippen molar-refractivity contribution in [2.75, 3.05) is 19.9 Å². The van der Waals surface area contributed by atoms with Crippen molar-refractivity contribution in [3.8, 4) is 28.7 Å². The maximum Gasteiger partial charge on any atom is 0.164 e. The molecule has 2 heterocycles. The van der Waals surface area contributed by atoms with Gasteiger partial charge < -0.3 is 45.3 Å². The van der Waals surface area contributed by atoms with Crippen LogP contribution in [0.3, 0.4) is 0 Å². The molecule has 68 heavy (non-hydrogen) atoms. The molecule has 2 fully saturated rings. The number of phenols is 3. The van der Waals surface area contributed by atoms with E-state index in [0.717, 1.165) is 59.7 Å². The number of aromatic amines is 1. The summed E-state index contributed by atoms with van der Waals surface area (Å²) >= 11 is 0. The molecule has 5 aromatic carbocycles. The molecular weight excluding hydrogens is 893 g/mol. The SMILES string of the molecule is CCc1ccc2cccc3c2c1Cc1c(ccc(O)c1OC)C[C@@H](Cc1cc[nH]c1)[C@H](O)[C@@H]1C(=O)[C@@](Cc2ccc(O)c(OC4CCCC4)c2)(c2cc(O)cc(CNC)c2)[C@@H](O)C[C@H]1CSSC3. The van der Waals surface area contributed by atoms with Crippen molar-refractivity contribution in [1.29, 1.82) is 0 Å². The summed E-state index contributed by atoms with van der Waals surface area (Å²) in [6.07, 6.45) is 7.66. The van der Waals surface area contributed by atoms with Gasteiger partial charge >= 0.3 is 0 Å². The second-order valence-corrected chi connectivity index (χ2v) is 21.7. The van der Waals surface area contributed by atoms with Crippen molar-refractivity contribution < 1.29 is 39.8 Å². The summed E-state index contributed by atoms with van der Waals surface area (Å²) in [6, 6.07) is 26.7. The maximum absolute atomic E-state index is 16.4. The minimum absolute atomic E-state index is 0.00815. The second-order valence-electron chi connectivity index (χ2n) is 19.2. The lowest BCUT2D eigenvalue weighted by molar-refractivity contribution is -0.149. The molecule has 0 bridgehead atoms. The number of carbonyl (C=O) groups is 1. The predicted molar refractivity (Wildman–Crippen MR) is 272 cm³/mol. The Hall–Kier alpha value is -5.11. The molecule has 1 aromatic heterocycles. The van der Waals surface area contributed by atoms with Crippen LogP contribution in [0, 0.1) is 17.8 Å². The number of aliphatic hydroxyl groups excluding tert-OH is 2. The molecule has 9 rings (SSSR count). The molecule has 12 heteroatoms. The Morgan fingerprint density at radius 3 is 2.46 bits per heavy atom. The molecule has 0 unspecified atom stereocenters. The molecule has 3 aliphatic rings. The van der Waals surface area contributed by atoms with E-state index in [9.17, 15) is 25.5 Å². The monoisotopic (exact) mass is 956 g/mol. The molecule has 7 N–H and O–H groups in total. The number of hydrogen-bond donors (Lipinski definition) is 7. The molecule has 10 nitrogen and oxygen atoms in total. The van der Waals surface area contributed by atoms with E-state index in [0.29, 0.717) is 59.9 Å². The van der Waals surface area contributed by atoms with Gasteiger partial charge in [0.05, 0.1) is 30.8 Å². The molecule has 6 aromatic rings. The first-order chi connectivity index (χ1) is 33.0. The minimum atomic E-state index is -1.61. The van der Waals surface area contributed by atoms with Crippen LogP contribution in [0.2, 0.25) is 0 Å². The van der Waals surface area contributed by atoms with Gasteiger partial charge in [-0.1, -0.05) is 77.0 Å². The first kappa shape index (κ1) is 47.9. The number of aliphatic hydroxyl groups is 2. The number of ketones is 1. The van der Waals surface area contributed by atoms with Gasteiger partial charge in [-0.15, -0.1) is 0 Å². The van der Waals surface area contributed by atoms with Crippen LogP contribution in [0.4, 0.5) is 0 Å². The number of aromatic hydroxyl groups is 3. The van der Waals surface area contributed by atoms with Crippen LogP contribution in [0.25, 0.3) is 10.8 Å². The highest BCUT2D eigenvalue weighted by Crippen LogP contribution is 2.51. The summed E-state index contributed by atoms with van der Waals surface area (Å²) < 4.78 is 12.4. The van der Waals surface area contributed by atoms with Crippen LogP contribution in [0.15, 0.2) is 97.3 Å². The number of benzene rings is 5. The number of fused-ring (bicyclic) bond motifs is 2. The molecule has 0 spiro atoms. The van der Waals surface area contributed by atoms with E-state index in [-0.39, 0.29) is 42.0 Å². The Morgan fingerprint density at radius 1 is 0.868 bits per heavy atom. The Kier molecular flexibility index (Phi) is 14.7. The Labute approximate surface area is 407 Å². The zero-order chi connectivity index (χ0) is 47.5. The van der Waals surface area contributed by atoms with Gasteiger partial charge in [0.15, 0.2) is 28.8 Å². The van der Waals surface area contributed by atoms with Crippen LogP contribution in [-0.2, 0) is 54.6 Å². The molecule has 0 amide bonds. The van der Waals surface area contributed by atoms with Gasteiger partial charge in [0, 0.05) is 48.3 Å². The van der Waals surface area contributed by atoms with E-state index in [2.05, 4.69) is 47.6 Å². The van der Waals surface area contributed by atoms with Crippen LogP contribution in [0.1, 0.15) is 89.1 Å². The molecule has 358 valence electrons. The number of aryl methyl sites for hydroxylation is 1. The topological polar surface area (TPSA) is 164 Å². The smallest absolute Gasteiger partial charge is 0.164 e. The summed E-state index contributed by atoms with van der Waals surface area (Å²) in [5.74, 6) is -0.204. The fourth-order valence-corrected chi connectivity index (χ4v) is 14.2. The van der Waals surface area contributed by atoms with Gasteiger partial charge in [-0.05, 0) is 168 Å². The number of aromatic nitrogens is 1. The van der Waals surface area contributed by atoms with Crippen molar-refractivity contribution in [2.24, 2.45) is 17.8 Å². The predicted octanol–water partition coefficient (Wildman–Crippen LogP) is 9.89. The third-order valence-corrected chi connectivity index (χ3v) is 17.4. The van der Waals surface area contributed by atoms with Gasteiger partial charge in [-0.3, -0.25) is 4.79 Å². The lowest BCUT2D eigenvalue weighted by atomic mass is 9.55. The number of phenolic OH excluding ortho intramolecular Hbond substituents is 3. The van der Waals surface area contributed by atoms with Crippen LogP contribution < -0.4 is 14.8 Å². The number of hydrogen-bond acceptors (Lipinski definition) is 11. The Morgan fingerprint density at radius 2 is 1.69 bits per heavy atom. The third kappa shape index (κ3) is 9.59. The minimum Gasteiger partial charge on any atom is -0.508 e. The molecule has 0 radical (unpaired) electrons. The van der Waals surface area contributed by atoms with Gasteiger partial charge in [0.1, 0.15) is 5.75 Å². The zero-order valence-corrected chi connectivity index (χ0v) is 40.8. The number of nitrogens with one attached hydrogen (secondary N) is 2. The van der Waals surface area contributed by atoms with Crippen molar-refractivity contribution in [3.05, 3.63) is 147 Å². The van der Waals surface area contributed by atoms with Gasteiger partial charge in [-0.25, -0.2) is 0 Å². The summed E-state index contributed by atoms with van der Waals surface area (Å²) in [5, 5.41) is 65.6. The number of rotatable bonds is 11. The standard InChI is InChI=1S/C56H64N2O8S2/c1-4-36-13-14-37-8-7-9-39-31-67-68-32-41-25-50(62)56(42-21-35(29-57-2)22-43(59)26-42,28-33-12-16-47(60)49(23-33)66-44-10-5-6-11-44)55(64)52(41)53(63)40(20-34-18-19-58-30-34)24-38-15-17-48(61)54(65-3)46(38)27-45(36)51(37)39/h7-9,12-19,21-23,26,30,40-41,44,50,52-53,57-63H,4-6,10-11,20,24-25,27-29,31-32H2,1-3H3/t40-,41+,50+,52-,53+,56+/m1/s1. The first-order valence-corrected chi connectivity index (χ1v) is 26.6. The maximum atomic E-state index is 16.4. The van der Waals surface area contributed by atoms with E-state index >= 15 is 4.79 Å². The number of ether oxygens (including phenoxy) is 2. The number of carbonyl (C=O) groups excluding carboxylic acids is 1. The zero-order valence-electron chi connectivity index (χ0n) is 39.2. The molecule has 1 aliphatic heterocycles. The van der Waals surface area contributed by atoms with E-state index in [1.54, 1.807) is 65.1 Å². The van der Waals surface area contributed by atoms with Crippen molar-refractivity contribution in [3.63, 3.8) is 0 Å². The summed E-state index contributed by atoms with van der Waals surface area (Å²) in [6.45, 7) is 2.58. The van der Waals surface area contributed by atoms with Crippen molar-refractivity contribution in [1.82, 2.24) is 10.3 Å². The highest BCUT2D eigenvalue weighted by Gasteiger charge is 2.57. The number of H-pyrrole nitrogens is 1. The van der Waals surface area contributed by atoms with Crippen LogP contribution in [0.5, 0.6) is 28.7 Å². The third-order valence-electron chi connectivity index (χ3n) is 15.0. The van der Waals surface area contributed by atoms with Crippen molar-refractivity contribution >= 4 is 38.1 Å². The highest BCUT2D eigenvalue weighted by atomic mass is 33.1. The number of methoxy groups -OCH3 is 1. The lowest BCUT2D eigenvalue weighted by Crippen LogP contribution is -2.61. The van der Waals surface area contributed by atoms with Gasteiger partial charge in [0.2, 0.25) is 0 Å². The molecule has 2 aliphatic carbocycles. The fourth-order valence-electron chi connectivity index (χ4n) is 11.7. The van der Waals surface area contributed by atoms with E-state index in [1.807, 2.05) is 37.6 Å². The summed E-state index contributed by atoms with van der Waals surface area (Å²) in [5.41, 5.74) is 6.60. The molecule has 6 atom stereocenters. The summed E-state index contributed by atoms with van der Waals surface area (Å²) in [7, 11) is 6.78. The van der Waals surface area contributed by atoms with Crippen LogP contribution >= 0.6 is 21.6 Å². The van der Waals surface area contributed by atoms with E-state index in [4.69, 9.17) is 9.47 Å². The van der Waals surface area contributed by atoms with Gasteiger partial charge in [-0.2, -0.15) is 0 Å². The fraction of sp³-hybridized carbons (Fsp3) is 0.411. The summed E-state index contributed by atoms with van der Waals surface area (Å²) in [4.78, 5) is 19.6. The largest absolute Gasteiger partial charge is 0.508 e. The Bertz CT molecular complexity index is 2740. The molecule has 0 saturated heterocycles. The Balaban J connectivity index is 1.21. The van der Waals surface area contributed by atoms with E-state index < -0.39 is 35.4 Å². The van der Waals surface area contributed by atoms with E-state index in [1.165, 1.54) is 22.1 Å². The average molecular weight is 957 g/mol. The van der Waals surface area contributed by atoms with Crippen LogP contribution in [-0.4, -0.2) is 74.5 Å². The normalized spacial score (nSPS) is 23.7. The second kappa shape index (κ2) is 20.9. The van der Waals surface area contributed by atoms with Crippen molar-refractivity contribution in [2.45, 2.75) is 107 Å². The quantitative estimate of drug-likeness (QED) is 0.0619. The lowest BCUT2D eigenvalue weighted by Gasteiger charge is -2.49. The first-order valence-electron chi connectivity index (χ1n) is 24.1. The number of Topliss-reactive ketones (excluding diaryl/α,β-unsaturated/α-hetero) is 1. The van der Waals surface area contributed by atoms with Gasteiger partial charge in [0.25, 0.3) is 0 Å². The molecule has 2 saturated carbocycles.